The van der Waals surface area contributed by atoms with Crippen LogP contribution in [-0.2, 0) is 6.42 Å². The molecule has 1 aliphatic heterocycles. The first kappa shape index (κ1) is 14.7. The highest BCUT2D eigenvalue weighted by Crippen LogP contribution is 2.17. The first-order chi connectivity index (χ1) is 10.8. The highest BCUT2D eigenvalue weighted by molar-refractivity contribution is 5.61. The molecular weight excluding hydrogens is 278 g/mol. The van der Waals surface area contributed by atoms with Gasteiger partial charge in [0.2, 0.25) is 5.82 Å². The van der Waals surface area contributed by atoms with Crippen LogP contribution < -0.4 is 4.74 Å². The molecule has 1 aromatic heterocycles. The van der Waals surface area contributed by atoms with Gasteiger partial charge in [-0.25, -0.2) is 0 Å². The standard InChI is InChI=1S/C16H21N5O/c1-2-13-5-3-7-15(11-13)22-10-9-21-8-4-6-14(12-21)16-17-19-20-18-16/h3,5-7,11H,2,4,8-10,12H2,1H3,(H,17,18,19,20). The normalized spacial score (nSPS) is 15.6. The Balaban J connectivity index is 1.49. The molecule has 6 heteroatoms. The van der Waals surface area contributed by atoms with Gasteiger partial charge in [0, 0.05) is 25.2 Å². The van der Waals surface area contributed by atoms with E-state index in [2.05, 4.69) is 50.7 Å². The van der Waals surface area contributed by atoms with Gasteiger partial charge in [-0.05, 0) is 35.8 Å². The summed E-state index contributed by atoms with van der Waals surface area (Å²) in [6.07, 6.45) is 4.23. The molecular formula is C16H21N5O. The van der Waals surface area contributed by atoms with Crippen molar-refractivity contribution in [3.8, 4) is 5.75 Å². The highest BCUT2D eigenvalue weighted by atomic mass is 16.5. The minimum Gasteiger partial charge on any atom is -0.492 e. The number of tetrazole rings is 1. The Morgan fingerprint density at radius 3 is 3.14 bits per heavy atom. The zero-order valence-electron chi connectivity index (χ0n) is 12.8. The number of nitrogens with zero attached hydrogens (tertiary/aromatic N) is 4. The van der Waals surface area contributed by atoms with Crippen molar-refractivity contribution in [2.45, 2.75) is 19.8 Å². The topological polar surface area (TPSA) is 66.9 Å². The van der Waals surface area contributed by atoms with E-state index in [4.69, 9.17) is 4.74 Å². The van der Waals surface area contributed by atoms with Crippen molar-refractivity contribution < 1.29 is 4.74 Å². The van der Waals surface area contributed by atoms with Crippen molar-refractivity contribution in [2.24, 2.45) is 0 Å². The molecule has 3 rings (SSSR count). The van der Waals surface area contributed by atoms with Gasteiger partial charge in [-0.3, -0.25) is 4.90 Å². The molecule has 1 aliphatic rings. The van der Waals surface area contributed by atoms with Crippen LogP contribution in [0.25, 0.3) is 5.57 Å². The summed E-state index contributed by atoms with van der Waals surface area (Å²) in [6.45, 7) is 5.62. The van der Waals surface area contributed by atoms with Crippen molar-refractivity contribution in [3.05, 3.63) is 41.7 Å². The maximum absolute atomic E-state index is 5.87. The summed E-state index contributed by atoms with van der Waals surface area (Å²) >= 11 is 0. The average molecular weight is 299 g/mol. The van der Waals surface area contributed by atoms with E-state index in [1.165, 1.54) is 5.56 Å². The Bertz CT molecular complexity index is 623. The van der Waals surface area contributed by atoms with Crippen LogP contribution in [0.1, 0.15) is 24.7 Å². The molecule has 0 aliphatic carbocycles. The fraction of sp³-hybridized carbons (Fsp3) is 0.438. The monoisotopic (exact) mass is 299 g/mol. The molecule has 0 spiro atoms. The Morgan fingerprint density at radius 2 is 2.32 bits per heavy atom. The van der Waals surface area contributed by atoms with Gasteiger partial charge in [0.15, 0.2) is 0 Å². The van der Waals surface area contributed by atoms with E-state index < -0.39 is 0 Å². The molecule has 2 aromatic rings. The minimum atomic E-state index is 0.687. The zero-order chi connectivity index (χ0) is 15.2. The molecule has 0 fully saturated rings. The number of benzene rings is 1. The van der Waals surface area contributed by atoms with Crippen LogP contribution in [0.4, 0.5) is 0 Å². The van der Waals surface area contributed by atoms with E-state index in [1.54, 1.807) is 0 Å². The van der Waals surface area contributed by atoms with Crippen LogP contribution >= 0.6 is 0 Å². The maximum atomic E-state index is 5.87. The maximum Gasteiger partial charge on any atom is 0.201 e. The Kier molecular flexibility index (Phi) is 4.80. The van der Waals surface area contributed by atoms with Crippen molar-refractivity contribution in [3.63, 3.8) is 0 Å². The smallest absolute Gasteiger partial charge is 0.201 e. The molecule has 0 saturated heterocycles. The average Bonchev–Trinajstić information content (AvgIpc) is 3.10. The molecule has 0 saturated carbocycles. The Hall–Kier alpha value is -2.21. The van der Waals surface area contributed by atoms with E-state index in [9.17, 15) is 0 Å². The predicted octanol–water partition coefficient (Wildman–Crippen LogP) is 1.93. The molecule has 0 unspecified atom stereocenters. The number of aromatic amines is 1. The number of rotatable bonds is 6. The van der Waals surface area contributed by atoms with Crippen LogP contribution in [0, 0.1) is 0 Å². The molecule has 116 valence electrons. The fourth-order valence-electron chi connectivity index (χ4n) is 2.60. The highest BCUT2D eigenvalue weighted by Gasteiger charge is 2.16. The number of aryl methyl sites for hydroxylation is 1. The summed E-state index contributed by atoms with van der Waals surface area (Å²) in [4.78, 5) is 2.36. The van der Waals surface area contributed by atoms with Crippen molar-refractivity contribution in [2.75, 3.05) is 26.2 Å². The molecule has 0 atom stereocenters. The van der Waals surface area contributed by atoms with E-state index >= 15 is 0 Å². The molecule has 1 aromatic carbocycles. The first-order valence-corrected chi connectivity index (χ1v) is 7.72. The quantitative estimate of drug-likeness (QED) is 0.883. The van der Waals surface area contributed by atoms with Gasteiger partial charge in [0.05, 0.1) is 0 Å². The molecule has 0 bridgehead atoms. The lowest BCUT2D eigenvalue weighted by molar-refractivity contribution is 0.223. The fourth-order valence-corrected chi connectivity index (χ4v) is 2.60. The van der Waals surface area contributed by atoms with Crippen LogP contribution in [0.2, 0.25) is 0 Å². The molecule has 0 amide bonds. The summed E-state index contributed by atoms with van der Waals surface area (Å²) in [6, 6.07) is 8.30. The van der Waals surface area contributed by atoms with E-state index in [0.29, 0.717) is 12.4 Å². The third-order valence-electron chi connectivity index (χ3n) is 3.85. The molecule has 0 radical (unpaired) electrons. The summed E-state index contributed by atoms with van der Waals surface area (Å²) in [7, 11) is 0. The summed E-state index contributed by atoms with van der Waals surface area (Å²) in [5.74, 6) is 1.64. The molecule has 1 N–H and O–H groups in total. The van der Waals surface area contributed by atoms with Crippen LogP contribution in [0.5, 0.6) is 5.75 Å². The van der Waals surface area contributed by atoms with Crippen LogP contribution in [-0.4, -0.2) is 51.8 Å². The summed E-state index contributed by atoms with van der Waals surface area (Å²) in [5.41, 5.74) is 2.44. The second-order valence-electron chi connectivity index (χ2n) is 5.38. The first-order valence-electron chi connectivity index (χ1n) is 7.72. The number of hydrogen-bond acceptors (Lipinski definition) is 5. The predicted molar refractivity (Wildman–Crippen MR) is 84.5 cm³/mol. The van der Waals surface area contributed by atoms with E-state index in [-0.39, 0.29) is 0 Å². The van der Waals surface area contributed by atoms with Gasteiger partial charge < -0.3 is 4.74 Å². The molecule has 6 nitrogen and oxygen atoms in total. The lowest BCUT2D eigenvalue weighted by atomic mass is 10.1. The largest absolute Gasteiger partial charge is 0.492 e. The number of H-pyrrole nitrogens is 1. The van der Waals surface area contributed by atoms with Gasteiger partial charge in [0.25, 0.3) is 0 Å². The van der Waals surface area contributed by atoms with Gasteiger partial charge in [-0.2, -0.15) is 5.21 Å². The van der Waals surface area contributed by atoms with Crippen molar-refractivity contribution >= 4 is 5.57 Å². The lowest BCUT2D eigenvalue weighted by Gasteiger charge is -2.25. The van der Waals surface area contributed by atoms with Crippen LogP contribution in [0.3, 0.4) is 0 Å². The van der Waals surface area contributed by atoms with Crippen molar-refractivity contribution in [1.29, 1.82) is 0 Å². The summed E-state index contributed by atoms with van der Waals surface area (Å²) < 4.78 is 5.87. The molecule has 22 heavy (non-hydrogen) atoms. The number of hydrogen-bond donors (Lipinski definition) is 1. The lowest BCUT2D eigenvalue weighted by Crippen LogP contribution is -2.33. The summed E-state index contributed by atoms with van der Waals surface area (Å²) in [5, 5.41) is 14.2. The van der Waals surface area contributed by atoms with Crippen molar-refractivity contribution in [1.82, 2.24) is 25.5 Å². The van der Waals surface area contributed by atoms with Gasteiger partial charge in [0.1, 0.15) is 12.4 Å². The minimum absolute atomic E-state index is 0.687. The second kappa shape index (κ2) is 7.17. The van der Waals surface area contributed by atoms with E-state index in [0.717, 1.165) is 43.8 Å². The Labute approximate surface area is 130 Å². The van der Waals surface area contributed by atoms with Crippen LogP contribution in [0.15, 0.2) is 30.3 Å². The van der Waals surface area contributed by atoms with Gasteiger partial charge in [-0.15, -0.1) is 10.2 Å². The molecule has 2 heterocycles. The number of aromatic nitrogens is 4. The van der Waals surface area contributed by atoms with E-state index in [1.807, 2.05) is 12.1 Å². The van der Waals surface area contributed by atoms with Gasteiger partial charge in [-0.1, -0.05) is 25.1 Å². The zero-order valence-corrected chi connectivity index (χ0v) is 12.8. The third kappa shape index (κ3) is 3.71. The number of nitrogens with one attached hydrogen (secondary N) is 1. The SMILES string of the molecule is CCc1cccc(OCCN2CCC=C(c3nn[nH]n3)C2)c1. The Morgan fingerprint density at radius 1 is 1.36 bits per heavy atom. The second-order valence-corrected chi connectivity index (χ2v) is 5.38. The third-order valence-corrected chi connectivity index (χ3v) is 3.85. The number of ether oxygens (including phenoxy) is 1. The van der Waals surface area contributed by atoms with Gasteiger partial charge >= 0.3 is 0 Å².